The monoisotopic (exact) mass is 428 g/mol. The Bertz CT molecular complexity index is 1040. The van der Waals surface area contributed by atoms with Crippen LogP contribution in [-0.2, 0) is 22.3 Å². The van der Waals surface area contributed by atoms with Gasteiger partial charge in [-0.1, -0.05) is 12.1 Å². The molecule has 2 fully saturated rings. The molecular weight excluding hydrogens is 403 g/mol. The standard InChI is InChI=1S/C22H25FN4O4/c23-15-4-1-13(2-5-15)3-6-17-19(28)20(29)22(31-17)27-12-26-18-16(24-11-25-21(18)27)9-14-7-8-30-10-14/h1-2,4-5,11-12,14,17,19-20,22,28-29H,3,6-10H2/t14-,17+,19+,20+,22+/m0/s1. The SMILES string of the molecule is O[C@@H]1[C@H](O)[C@@H](CCc2ccc(F)cc2)O[C@H]1n1cnc2c(C[C@@H]3CCOC3)ncnc21. The summed E-state index contributed by atoms with van der Waals surface area (Å²) in [5, 5.41) is 21.2. The van der Waals surface area contributed by atoms with Crippen molar-refractivity contribution in [2.45, 2.75) is 50.2 Å². The minimum absolute atomic E-state index is 0.287. The molecule has 8 nitrogen and oxygen atoms in total. The van der Waals surface area contributed by atoms with Gasteiger partial charge in [0.15, 0.2) is 11.9 Å². The first-order chi connectivity index (χ1) is 15.1. The Morgan fingerprint density at radius 3 is 2.71 bits per heavy atom. The lowest BCUT2D eigenvalue weighted by atomic mass is 10.0. The summed E-state index contributed by atoms with van der Waals surface area (Å²) in [4.78, 5) is 13.2. The Morgan fingerprint density at radius 1 is 1.10 bits per heavy atom. The van der Waals surface area contributed by atoms with Crippen LogP contribution in [0.25, 0.3) is 11.2 Å². The molecule has 0 saturated carbocycles. The highest BCUT2D eigenvalue weighted by Gasteiger charge is 2.44. The molecule has 0 amide bonds. The highest BCUT2D eigenvalue weighted by Crippen LogP contribution is 2.34. The number of rotatable bonds is 6. The second-order valence-corrected chi connectivity index (χ2v) is 8.29. The van der Waals surface area contributed by atoms with E-state index in [-0.39, 0.29) is 5.82 Å². The number of aliphatic hydroxyl groups excluding tert-OH is 2. The van der Waals surface area contributed by atoms with E-state index in [0.717, 1.165) is 37.3 Å². The van der Waals surface area contributed by atoms with Crippen molar-refractivity contribution in [3.05, 3.63) is 54.0 Å². The number of aryl methyl sites for hydroxylation is 1. The minimum Gasteiger partial charge on any atom is -0.388 e. The van der Waals surface area contributed by atoms with Gasteiger partial charge in [0.2, 0.25) is 0 Å². The molecule has 5 rings (SSSR count). The number of halogens is 1. The second kappa shape index (κ2) is 8.58. The van der Waals surface area contributed by atoms with E-state index in [1.54, 1.807) is 23.0 Å². The normalized spacial score (nSPS) is 28.5. The van der Waals surface area contributed by atoms with Gasteiger partial charge in [0.05, 0.1) is 18.1 Å². The third-order valence-corrected chi connectivity index (χ3v) is 6.18. The Kier molecular flexibility index (Phi) is 5.66. The third-order valence-electron chi connectivity index (χ3n) is 6.18. The lowest BCUT2D eigenvalue weighted by Crippen LogP contribution is -2.31. The molecule has 164 valence electrons. The van der Waals surface area contributed by atoms with Gasteiger partial charge in [-0.3, -0.25) is 4.57 Å². The molecule has 1 aromatic carbocycles. The lowest BCUT2D eigenvalue weighted by Gasteiger charge is -2.16. The van der Waals surface area contributed by atoms with Crippen molar-refractivity contribution in [2.75, 3.05) is 13.2 Å². The second-order valence-electron chi connectivity index (χ2n) is 8.29. The third kappa shape index (κ3) is 4.06. The molecule has 2 aliphatic rings. The van der Waals surface area contributed by atoms with Crippen molar-refractivity contribution in [2.24, 2.45) is 5.92 Å². The first-order valence-electron chi connectivity index (χ1n) is 10.6. The van der Waals surface area contributed by atoms with Crippen molar-refractivity contribution in [1.29, 1.82) is 0 Å². The fourth-order valence-corrected chi connectivity index (χ4v) is 4.41. The zero-order chi connectivity index (χ0) is 21.4. The summed E-state index contributed by atoms with van der Waals surface area (Å²) in [6, 6.07) is 6.24. The predicted octanol–water partition coefficient (Wildman–Crippen LogP) is 1.80. The summed E-state index contributed by atoms with van der Waals surface area (Å²) in [6.45, 7) is 1.49. The molecule has 2 N–H and O–H groups in total. The molecule has 4 heterocycles. The minimum atomic E-state index is -1.11. The Labute approximate surface area is 178 Å². The maximum Gasteiger partial charge on any atom is 0.165 e. The van der Waals surface area contributed by atoms with Gasteiger partial charge in [-0.25, -0.2) is 19.3 Å². The first-order valence-corrected chi connectivity index (χ1v) is 10.6. The molecule has 5 atom stereocenters. The van der Waals surface area contributed by atoms with E-state index in [1.807, 2.05) is 0 Å². The van der Waals surface area contributed by atoms with Crippen molar-refractivity contribution >= 4 is 11.2 Å². The molecule has 31 heavy (non-hydrogen) atoms. The predicted molar refractivity (Wildman–Crippen MR) is 109 cm³/mol. The van der Waals surface area contributed by atoms with Gasteiger partial charge in [0.25, 0.3) is 0 Å². The smallest absolute Gasteiger partial charge is 0.165 e. The summed E-state index contributed by atoms with van der Waals surface area (Å²) in [5.41, 5.74) is 3.03. The van der Waals surface area contributed by atoms with Crippen LogP contribution in [0.3, 0.4) is 0 Å². The quantitative estimate of drug-likeness (QED) is 0.617. The Hall–Kier alpha value is -2.46. The number of imidazole rings is 1. The number of aromatic nitrogens is 4. The number of ether oxygens (including phenoxy) is 2. The van der Waals surface area contributed by atoms with Crippen LogP contribution in [0.4, 0.5) is 4.39 Å². The van der Waals surface area contributed by atoms with Crippen LogP contribution in [0.1, 0.15) is 30.3 Å². The molecule has 0 spiro atoms. The summed E-state index contributed by atoms with van der Waals surface area (Å²) in [7, 11) is 0. The van der Waals surface area contributed by atoms with Crippen LogP contribution in [-0.4, -0.2) is 61.3 Å². The molecule has 0 unspecified atom stereocenters. The van der Waals surface area contributed by atoms with E-state index >= 15 is 0 Å². The Balaban J connectivity index is 1.33. The number of benzene rings is 1. The van der Waals surface area contributed by atoms with Gasteiger partial charge in [-0.05, 0) is 49.3 Å². The van der Waals surface area contributed by atoms with Crippen LogP contribution >= 0.6 is 0 Å². The van der Waals surface area contributed by atoms with Crippen LogP contribution in [0.5, 0.6) is 0 Å². The fourth-order valence-electron chi connectivity index (χ4n) is 4.41. The maximum atomic E-state index is 13.1. The fraction of sp³-hybridized carbons (Fsp3) is 0.500. The van der Waals surface area contributed by atoms with Crippen LogP contribution in [0, 0.1) is 11.7 Å². The van der Waals surface area contributed by atoms with Crippen LogP contribution < -0.4 is 0 Å². The van der Waals surface area contributed by atoms with Crippen molar-refractivity contribution < 1.29 is 24.1 Å². The molecule has 0 radical (unpaired) electrons. The summed E-state index contributed by atoms with van der Waals surface area (Å²) in [6.07, 6.45) is 2.42. The number of hydrogen-bond donors (Lipinski definition) is 2. The Morgan fingerprint density at radius 2 is 1.94 bits per heavy atom. The van der Waals surface area contributed by atoms with Gasteiger partial charge in [0.1, 0.15) is 29.9 Å². The van der Waals surface area contributed by atoms with Gasteiger partial charge in [-0.2, -0.15) is 0 Å². The van der Waals surface area contributed by atoms with Crippen molar-refractivity contribution in [1.82, 2.24) is 19.5 Å². The van der Waals surface area contributed by atoms with Crippen LogP contribution in [0.2, 0.25) is 0 Å². The number of hydrogen-bond acceptors (Lipinski definition) is 7. The van der Waals surface area contributed by atoms with E-state index in [2.05, 4.69) is 15.0 Å². The summed E-state index contributed by atoms with van der Waals surface area (Å²) < 4.78 is 26.2. The highest BCUT2D eigenvalue weighted by atomic mass is 19.1. The highest BCUT2D eigenvalue weighted by molar-refractivity contribution is 5.73. The lowest BCUT2D eigenvalue weighted by molar-refractivity contribution is -0.0367. The largest absolute Gasteiger partial charge is 0.388 e. The molecule has 2 aliphatic heterocycles. The molecule has 9 heteroatoms. The average molecular weight is 428 g/mol. The van der Waals surface area contributed by atoms with Gasteiger partial charge < -0.3 is 19.7 Å². The van der Waals surface area contributed by atoms with E-state index < -0.39 is 24.5 Å². The molecule has 3 aromatic rings. The van der Waals surface area contributed by atoms with E-state index in [4.69, 9.17) is 9.47 Å². The van der Waals surface area contributed by atoms with E-state index in [1.165, 1.54) is 18.5 Å². The molecule has 0 aliphatic carbocycles. The number of aliphatic hydroxyl groups is 2. The van der Waals surface area contributed by atoms with Crippen molar-refractivity contribution in [3.8, 4) is 0 Å². The zero-order valence-electron chi connectivity index (χ0n) is 17.0. The molecule has 2 saturated heterocycles. The van der Waals surface area contributed by atoms with Crippen LogP contribution in [0.15, 0.2) is 36.9 Å². The van der Waals surface area contributed by atoms with E-state index in [0.29, 0.717) is 29.9 Å². The maximum absolute atomic E-state index is 13.1. The molecule has 2 aromatic heterocycles. The number of fused-ring (bicyclic) bond motifs is 1. The van der Waals surface area contributed by atoms with Gasteiger partial charge >= 0.3 is 0 Å². The van der Waals surface area contributed by atoms with E-state index in [9.17, 15) is 14.6 Å². The molecule has 0 bridgehead atoms. The number of nitrogens with zero attached hydrogens (tertiary/aromatic N) is 4. The zero-order valence-corrected chi connectivity index (χ0v) is 17.0. The topological polar surface area (TPSA) is 103 Å². The summed E-state index contributed by atoms with van der Waals surface area (Å²) >= 11 is 0. The average Bonchev–Trinajstić information content (AvgIpc) is 3.50. The summed E-state index contributed by atoms with van der Waals surface area (Å²) in [5.74, 6) is 0.124. The van der Waals surface area contributed by atoms with Crippen molar-refractivity contribution in [3.63, 3.8) is 0 Å². The first kappa shape index (κ1) is 20.4. The van der Waals surface area contributed by atoms with Gasteiger partial charge in [-0.15, -0.1) is 0 Å². The van der Waals surface area contributed by atoms with Gasteiger partial charge in [0, 0.05) is 13.2 Å². The molecular formula is C22H25FN4O4.